The van der Waals surface area contributed by atoms with Gasteiger partial charge in [-0.3, -0.25) is 9.59 Å². The van der Waals surface area contributed by atoms with Crippen molar-refractivity contribution in [2.45, 2.75) is 26.4 Å². The lowest BCUT2D eigenvalue weighted by Gasteiger charge is -2.22. The van der Waals surface area contributed by atoms with Crippen molar-refractivity contribution in [2.24, 2.45) is 0 Å². The second-order valence-corrected chi connectivity index (χ2v) is 5.30. The second kappa shape index (κ2) is 8.81. The minimum atomic E-state index is -0.871. The highest BCUT2D eigenvalue weighted by Crippen LogP contribution is 2.07. The van der Waals surface area contributed by atoms with Crippen molar-refractivity contribution in [3.8, 4) is 0 Å². The van der Waals surface area contributed by atoms with E-state index in [1.165, 1.54) is 7.05 Å². The van der Waals surface area contributed by atoms with Gasteiger partial charge in [-0.05, 0) is 20.8 Å². The molecule has 0 rings (SSSR count). The van der Waals surface area contributed by atoms with E-state index in [2.05, 4.69) is 9.47 Å². The Hall–Kier alpha value is -2.38. The first-order chi connectivity index (χ1) is 10.0. The van der Waals surface area contributed by atoms with Crippen molar-refractivity contribution in [1.82, 2.24) is 4.90 Å². The number of likely N-dealkylation sites (N-methyl/N-ethyl adjacent to an activating group) is 1. The van der Waals surface area contributed by atoms with Gasteiger partial charge in [0.05, 0.1) is 7.11 Å². The van der Waals surface area contributed by atoms with E-state index in [-0.39, 0.29) is 6.54 Å². The summed E-state index contributed by atoms with van der Waals surface area (Å²) in [6, 6.07) is 0. The minimum Gasteiger partial charge on any atom is -0.466 e. The third-order valence-corrected chi connectivity index (χ3v) is 2.11. The van der Waals surface area contributed by atoms with E-state index in [9.17, 15) is 19.2 Å². The summed E-state index contributed by atoms with van der Waals surface area (Å²) in [5, 5.41) is 0. The zero-order valence-electron chi connectivity index (χ0n) is 13.4. The normalized spacial score (nSPS) is 11.0. The van der Waals surface area contributed by atoms with Crippen molar-refractivity contribution in [3.05, 3.63) is 12.2 Å². The molecule has 0 aromatic carbocycles. The molecule has 0 radical (unpaired) electrons. The van der Waals surface area contributed by atoms with Crippen LogP contribution in [0.2, 0.25) is 0 Å². The van der Waals surface area contributed by atoms with Crippen LogP contribution in [-0.4, -0.2) is 61.6 Å². The summed E-state index contributed by atoms with van der Waals surface area (Å²) in [4.78, 5) is 46.3. The molecule has 22 heavy (non-hydrogen) atoms. The third kappa shape index (κ3) is 9.51. The predicted octanol–water partition coefficient (Wildman–Crippen LogP) is 0.0589. The van der Waals surface area contributed by atoms with E-state index in [0.717, 1.165) is 24.2 Å². The van der Waals surface area contributed by atoms with Gasteiger partial charge in [-0.2, -0.15) is 0 Å². The zero-order chi connectivity index (χ0) is 17.3. The number of methoxy groups -OCH3 is 1. The summed E-state index contributed by atoms with van der Waals surface area (Å²) < 4.78 is 14.0. The highest BCUT2D eigenvalue weighted by molar-refractivity contribution is 5.92. The number of nitrogens with zero attached hydrogens (tertiary/aromatic N) is 1. The van der Waals surface area contributed by atoms with Gasteiger partial charge in [0.2, 0.25) is 0 Å². The lowest BCUT2D eigenvalue weighted by Crippen LogP contribution is -2.38. The molecular weight excluding hydrogens is 294 g/mol. The zero-order valence-corrected chi connectivity index (χ0v) is 13.4. The first-order valence-electron chi connectivity index (χ1n) is 6.43. The molecule has 0 atom stereocenters. The summed E-state index contributed by atoms with van der Waals surface area (Å²) in [5.74, 6) is -2.74. The third-order valence-electron chi connectivity index (χ3n) is 2.11. The van der Waals surface area contributed by atoms with Gasteiger partial charge in [-0.1, -0.05) is 0 Å². The van der Waals surface area contributed by atoms with Crippen molar-refractivity contribution in [3.63, 3.8) is 0 Å². The van der Waals surface area contributed by atoms with E-state index in [1.54, 1.807) is 20.8 Å². The largest absolute Gasteiger partial charge is 0.466 e. The molecule has 0 fully saturated rings. The molecule has 0 unspecified atom stereocenters. The molecule has 0 aliphatic rings. The van der Waals surface area contributed by atoms with Crippen molar-refractivity contribution < 1.29 is 33.4 Å². The van der Waals surface area contributed by atoms with Crippen LogP contribution in [0.1, 0.15) is 20.8 Å². The van der Waals surface area contributed by atoms with Gasteiger partial charge in [-0.25, -0.2) is 9.59 Å². The van der Waals surface area contributed by atoms with Crippen LogP contribution in [0.25, 0.3) is 0 Å². The molecule has 0 bridgehead atoms. The molecule has 0 N–H and O–H groups in total. The number of carbonyl (C=O) groups is 4. The highest BCUT2D eigenvalue weighted by atomic mass is 16.6. The average Bonchev–Trinajstić information content (AvgIpc) is 2.39. The molecule has 0 saturated heterocycles. The van der Waals surface area contributed by atoms with Crippen LogP contribution in [0, 0.1) is 0 Å². The molecule has 0 aromatic heterocycles. The fourth-order valence-corrected chi connectivity index (χ4v) is 1.15. The predicted molar refractivity (Wildman–Crippen MR) is 75.6 cm³/mol. The van der Waals surface area contributed by atoms with E-state index in [4.69, 9.17) is 4.74 Å². The molecule has 8 nitrogen and oxygen atoms in total. The summed E-state index contributed by atoms with van der Waals surface area (Å²) in [5.41, 5.74) is -0.647. The Bertz CT molecular complexity index is 462. The number of carbonyl (C=O) groups excluding carboxylic acids is 4. The van der Waals surface area contributed by atoms with Gasteiger partial charge < -0.3 is 19.1 Å². The molecule has 0 aliphatic carbocycles. The Morgan fingerprint density at radius 3 is 2.09 bits per heavy atom. The molecule has 0 aromatic rings. The quantitative estimate of drug-likeness (QED) is 0.388. The van der Waals surface area contributed by atoms with Crippen molar-refractivity contribution >= 4 is 23.8 Å². The number of esters is 3. The fourth-order valence-electron chi connectivity index (χ4n) is 1.15. The molecule has 0 heterocycles. The van der Waals surface area contributed by atoms with E-state index in [1.807, 2.05) is 0 Å². The van der Waals surface area contributed by atoms with Gasteiger partial charge in [0.25, 0.3) is 5.91 Å². The monoisotopic (exact) mass is 315 g/mol. The lowest BCUT2D eigenvalue weighted by atomic mass is 10.2. The van der Waals surface area contributed by atoms with Crippen LogP contribution < -0.4 is 0 Å². The Kier molecular flexibility index (Phi) is 7.85. The van der Waals surface area contributed by atoms with E-state index < -0.39 is 36.0 Å². The van der Waals surface area contributed by atoms with Gasteiger partial charge >= 0.3 is 17.9 Å². The number of rotatable bonds is 6. The Balaban J connectivity index is 4.21. The van der Waals surface area contributed by atoms with Gasteiger partial charge in [0.1, 0.15) is 12.1 Å². The minimum absolute atomic E-state index is 0.258. The van der Waals surface area contributed by atoms with Gasteiger partial charge in [0, 0.05) is 19.2 Å². The lowest BCUT2D eigenvalue weighted by molar-refractivity contribution is -0.159. The van der Waals surface area contributed by atoms with E-state index >= 15 is 0 Å². The highest BCUT2D eigenvalue weighted by Gasteiger charge is 2.20. The standard InChI is InChI=1S/C14H21NO7/c1-14(2,3)22-13(19)8-15(4)10(16)9-21-12(18)7-6-11(17)20-5/h6-7H,8-9H2,1-5H3/b7-6+. The maximum absolute atomic E-state index is 11.7. The maximum atomic E-state index is 11.7. The van der Waals surface area contributed by atoms with Crippen LogP contribution in [0.5, 0.6) is 0 Å². The molecule has 0 spiro atoms. The Labute approximate surface area is 129 Å². The van der Waals surface area contributed by atoms with Crippen LogP contribution in [0.3, 0.4) is 0 Å². The SMILES string of the molecule is COC(=O)/C=C/C(=O)OCC(=O)N(C)CC(=O)OC(C)(C)C. The number of hydrogen-bond acceptors (Lipinski definition) is 7. The summed E-state index contributed by atoms with van der Waals surface area (Å²) in [6.45, 7) is 4.32. The average molecular weight is 315 g/mol. The van der Waals surface area contributed by atoms with Gasteiger partial charge in [-0.15, -0.1) is 0 Å². The summed E-state index contributed by atoms with van der Waals surface area (Å²) in [6.07, 6.45) is 1.71. The van der Waals surface area contributed by atoms with Crippen molar-refractivity contribution in [2.75, 3.05) is 27.3 Å². The first kappa shape index (κ1) is 19.6. The smallest absolute Gasteiger partial charge is 0.331 e. The summed E-state index contributed by atoms with van der Waals surface area (Å²) >= 11 is 0. The van der Waals surface area contributed by atoms with Gasteiger partial charge in [0.15, 0.2) is 6.61 Å². The number of amides is 1. The summed E-state index contributed by atoms with van der Waals surface area (Å²) in [7, 11) is 2.54. The molecule has 1 amide bonds. The van der Waals surface area contributed by atoms with Crippen LogP contribution in [0.15, 0.2) is 12.2 Å². The molecule has 0 saturated carbocycles. The number of ether oxygens (including phenoxy) is 3. The maximum Gasteiger partial charge on any atom is 0.331 e. The van der Waals surface area contributed by atoms with Crippen LogP contribution in [-0.2, 0) is 33.4 Å². The Morgan fingerprint density at radius 1 is 1.05 bits per heavy atom. The van der Waals surface area contributed by atoms with Crippen LogP contribution >= 0.6 is 0 Å². The molecule has 8 heteroatoms. The van der Waals surface area contributed by atoms with E-state index in [0.29, 0.717) is 0 Å². The molecule has 124 valence electrons. The fraction of sp³-hybridized carbons (Fsp3) is 0.571. The second-order valence-electron chi connectivity index (χ2n) is 5.30. The van der Waals surface area contributed by atoms with Crippen LogP contribution in [0.4, 0.5) is 0 Å². The number of hydrogen-bond donors (Lipinski definition) is 0. The topological polar surface area (TPSA) is 99.2 Å². The molecule has 0 aliphatic heterocycles. The Morgan fingerprint density at radius 2 is 1.59 bits per heavy atom. The first-order valence-corrected chi connectivity index (χ1v) is 6.43. The molecular formula is C14H21NO7. The van der Waals surface area contributed by atoms with Crippen molar-refractivity contribution in [1.29, 1.82) is 0 Å².